The first-order valence-corrected chi connectivity index (χ1v) is 13.0. The average molecular weight is 542 g/mol. The smallest absolute Gasteiger partial charge is 0.248 e. The van der Waals surface area contributed by atoms with E-state index in [0.29, 0.717) is 18.4 Å². The van der Waals surface area contributed by atoms with Crippen molar-refractivity contribution in [2.24, 2.45) is 17.6 Å². The second-order valence-corrected chi connectivity index (χ2v) is 10.8. The Morgan fingerprint density at radius 2 is 1.98 bits per heavy atom. The predicted molar refractivity (Wildman–Crippen MR) is 149 cm³/mol. The number of phenols is 1. The van der Waals surface area contributed by atoms with Gasteiger partial charge in [0.2, 0.25) is 5.91 Å². The van der Waals surface area contributed by atoms with Crippen LogP contribution in [0, 0.1) is 23.2 Å². The van der Waals surface area contributed by atoms with Crippen molar-refractivity contribution >= 4 is 23.5 Å². The summed E-state index contributed by atoms with van der Waals surface area (Å²) in [6.45, 7) is 0. The number of amides is 1. The van der Waals surface area contributed by atoms with Crippen LogP contribution in [0.25, 0.3) is 23.0 Å². The minimum atomic E-state index is -1.53. The monoisotopic (exact) mass is 541 g/mol. The Kier molecular flexibility index (Phi) is 6.78. The Hall–Kier alpha value is -4.39. The Morgan fingerprint density at radius 1 is 1.23 bits per heavy atom. The molecular weight excluding hydrogens is 510 g/mol. The van der Waals surface area contributed by atoms with Gasteiger partial charge in [-0.2, -0.15) is 5.26 Å². The molecule has 1 fully saturated rings. The number of aromatic hydroxyl groups is 1. The highest BCUT2D eigenvalue weighted by atomic mass is 16.5. The minimum absolute atomic E-state index is 0.0737. The van der Waals surface area contributed by atoms with E-state index in [0.717, 1.165) is 16.7 Å². The standard InChI is InChI=1S/C31H31N3O6/c1-34(2)26-22-14-18-13-20-19(17-8-4-6-16(12-17)7-5-11-32)9-10-23(35)25(20)28(37)24(18)29(38)31(22,40-3)15-21(27(26)36)30(33)39/h4-10,12,18,22,26,35-37H,13-15H2,1-3H3,(H2,33,39)/b7-5+/t18-,22-,26-,31-/m0/s1. The number of ketones is 1. The Balaban J connectivity index is 1.69. The number of Topliss-reactive ketones (excluding diaryl/α,β-unsaturated/α-hetero) is 1. The molecule has 1 amide bonds. The molecule has 5 N–H and O–H groups in total. The van der Waals surface area contributed by atoms with Gasteiger partial charge in [-0.15, -0.1) is 0 Å². The second kappa shape index (κ2) is 9.97. The number of hydrogen-bond donors (Lipinski definition) is 4. The Morgan fingerprint density at radius 3 is 2.62 bits per heavy atom. The van der Waals surface area contributed by atoms with Crippen molar-refractivity contribution in [1.29, 1.82) is 5.26 Å². The zero-order chi connectivity index (χ0) is 28.9. The predicted octanol–water partition coefficient (Wildman–Crippen LogP) is 3.64. The van der Waals surface area contributed by atoms with Gasteiger partial charge in [0.25, 0.3) is 0 Å². The summed E-state index contributed by atoms with van der Waals surface area (Å²) in [6, 6.07) is 12.1. The molecule has 206 valence electrons. The highest BCUT2D eigenvalue weighted by Crippen LogP contribution is 2.55. The number of aliphatic hydroxyl groups is 2. The maximum absolute atomic E-state index is 14.3. The number of ether oxygens (including phenoxy) is 1. The number of allylic oxidation sites excluding steroid dienone is 1. The lowest BCUT2D eigenvalue weighted by atomic mass is 9.57. The van der Waals surface area contributed by atoms with Crippen molar-refractivity contribution in [3.05, 3.63) is 76.1 Å². The van der Waals surface area contributed by atoms with Crippen LogP contribution in [0.4, 0.5) is 0 Å². The summed E-state index contributed by atoms with van der Waals surface area (Å²) in [5, 5.41) is 42.4. The molecular formula is C31H31N3O6. The van der Waals surface area contributed by atoms with Crippen LogP contribution in [0.1, 0.15) is 29.5 Å². The molecule has 0 aliphatic heterocycles. The van der Waals surface area contributed by atoms with Crippen molar-refractivity contribution in [3.63, 3.8) is 0 Å². The van der Waals surface area contributed by atoms with Crippen molar-refractivity contribution in [1.82, 2.24) is 4.90 Å². The number of nitrogens with two attached hydrogens (primary N) is 1. The quantitative estimate of drug-likeness (QED) is 0.418. The van der Waals surface area contributed by atoms with Gasteiger partial charge in [-0.05, 0) is 73.3 Å². The van der Waals surface area contributed by atoms with Crippen molar-refractivity contribution in [2.45, 2.75) is 30.9 Å². The van der Waals surface area contributed by atoms with Gasteiger partial charge in [0.1, 0.15) is 22.9 Å². The van der Waals surface area contributed by atoms with Crippen molar-refractivity contribution in [2.75, 3.05) is 21.2 Å². The summed E-state index contributed by atoms with van der Waals surface area (Å²) in [6.07, 6.45) is 3.59. The number of benzene rings is 2. The third kappa shape index (κ3) is 3.99. The van der Waals surface area contributed by atoms with E-state index in [1.807, 2.05) is 30.3 Å². The number of phenolic OH excluding ortho intramolecular Hbond substituents is 1. The van der Waals surface area contributed by atoms with Crippen LogP contribution in [-0.4, -0.2) is 64.8 Å². The molecule has 5 rings (SSSR count). The maximum Gasteiger partial charge on any atom is 0.248 e. The molecule has 3 aliphatic carbocycles. The van der Waals surface area contributed by atoms with Crippen LogP contribution in [0.3, 0.4) is 0 Å². The number of rotatable bonds is 5. The van der Waals surface area contributed by atoms with E-state index in [4.69, 9.17) is 15.7 Å². The molecule has 0 aromatic heterocycles. The number of nitriles is 1. The summed E-state index contributed by atoms with van der Waals surface area (Å²) in [5.41, 5.74) is 7.45. The van der Waals surface area contributed by atoms with Gasteiger partial charge in [-0.3, -0.25) is 14.5 Å². The molecule has 9 nitrogen and oxygen atoms in total. The fraction of sp³-hybridized carbons (Fsp3) is 0.323. The summed E-state index contributed by atoms with van der Waals surface area (Å²) in [4.78, 5) is 28.3. The van der Waals surface area contributed by atoms with E-state index in [-0.39, 0.29) is 40.4 Å². The van der Waals surface area contributed by atoms with Gasteiger partial charge in [0, 0.05) is 31.1 Å². The number of likely N-dealkylation sites (N-methyl/N-ethyl adjacent to an activating group) is 1. The van der Waals surface area contributed by atoms with Crippen LogP contribution >= 0.6 is 0 Å². The molecule has 0 unspecified atom stereocenters. The van der Waals surface area contributed by atoms with E-state index >= 15 is 0 Å². The van der Waals surface area contributed by atoms with Gasteiger partial charge in [0.15, 0.2) is 5.78 Å². The van der Waals surface area contributed by atoms with Gasteiger partial charge in [-0.1, -0.05) is 24.3 Å². The zero-order valence-corrected chi connectivity index (χ0v) is 22.5. The number of aliphatic hydroxyl groups excluding tert-OH is 2. The van der Waals surface area contributed by atoms with Crippen molar-refractivity contribution in [3.8, 4) is 22.9 Å². The number of methoxy groups -OCH3 is 1. The first-order valence-electron chi connectivity index (χ1n) is 13.0. The number of carbonyl (C=O) groups excluding carboxylic acids is 2. The number of carbonyl (C=O) groups is 2. The molecule has 9 heteroatoms. The summed E-state index contributed by atoms with van der Waals surface area (Å²) in [5.74, 6) is -2.92. The number of nitrogens with zero attached hydrogens (tertiary/aromatic N) is 2. The topological polar surface area (TPSA) is 157 Å². The van der Waals surface area contributed by atoms with E-state index in [9.17, 15) is 24.9 Å². The molecule has 2 aromatic carbocycles. The highest BCUT2D eigenvalue weighted by molar-refractivity contribution is 6.11. The molecule has 0 spiro atoms. The first-order chi connectivity index (χ1) is 19.0. The van der Waals surface area contributed by atoms with Crippen molar-refractivity contribution < 1.29 is 29.6 Å². The maximum atomic E-state index is 14.3. The third-order valence-electron chi connectivity index (χ3n) is 8.58. The Bertz CT molecular complexity index is 1560. The van der Waals surface area contributed by atoms with Crippen LogP contribution in [0.5, 0.6) is 5.75 Å². The lowest BCUT2D eigenvalue weighted by Crippen LogP contribution is -2.63. The largest absolute Gasteiger partial charge is 0.510 e. The molecule has 0 radical (unpaired) electrons. The Labute approximate surface area is 232 Å². The van der Waals surface area contributed by atoms with Gasteiger partial charge < -0.3 is 25.8 Å². The number of fused-ring (bicyclic) bond motifs is 3. The zero-order valence-electron chi connectivity index (χ0n) is 22.5. The van der Waals surface area contributed by atoms with E-state index < -0.39 is 35.2 Å². The molecule has 0 saturated heterocycles. The van der Waals surface area contributed by atoms with E-state index in [1.54, 1.807) is 31.1 Å². The highest BCUT2D eigenvalue weighted by Gasteiger charge is 2.61. The summed E-state index contributed by atoms with van der Waals surface area (Å²) < 4.78 is 5.89. The van der Waals surface area contributed by atoms with Crippen LogP contribution < -0.4 is 5.73 Å². The molecule has 40 heavy (non-hydrogen) atoms. The molecule has 0 heterocycles. The molecule has 2 aromatic rings. The molecule has 3 aliphatic rings. The summed E-state index contributed by atoms with van der Waals surface area (Å²) in [7, 11) is 4.88. The normalized spacial score (nSPS) is 26.0. The van der Waals surface area contributed by atoms with Gasteiger partial charge >= 0.3 is 0 Å². The molecule has 4 atom stereocenters. The summed E-state index contributed by atoms with van der Waals surface area (Å²) >= 11 is 0. The number of primary amides is 1. The lowest BCUT2D eigenvalue weighted by Gasteiger charge is -2.53. The fourth-order valence-corrected chi connectivity index (χ4v) is 6.84. The third-order valence-corrected chi connectivity index (χ3v) is 8.58. The van der Waals surface area contributed by atoms with Crippen LogP contribution in [0.15, 0.2) is 59.4 Å². The first kappa shape index (κ1) is 27.2. The van der Waals surface area contributed by atoms with E-state index in [1.165, 1.54) is 19.3 Å². The second-order valence-electron chi connectivity index (χ2n) is 10.8. The van der Waals surface area contributed by atoms with E-state index in [2.05, 4.69) is 0 Å². The van der Waals surface area contributed by atoms with Gasteiger partial charge in [0.05, 0.1) is 23.2 Å². The lowest BCUT2D eigenvalue weighted by molar-refractivity contribution is -0.157. The molecule has 1 saturated carbocycles. The fourth-order valence-electron chi connectivity index (χ4n) is 6.84. The minimum Gasteiger partial charge on any atom is -0.510 e. The number of hydrogen-bond acceptors (Lipinski definition) is 8. The average Bonchev–Trinajstić information content (AvgIpc) is 2.91. The molecule has 0 bridgehead atoms. The van der Waals surface area contributed by atoms with Gasteiger partial charge in [-0.25, -0.2) is 0 Å². The van der Waals surface area contributed by atoms with Crippen LogP contribution in [0.2, 0.25) is 0 Å². The van der Waals surface area contributed by atoms with Crippen LogP contribution in [-0.2, 0) is 20.7 Å². The SMILES string of the molecule is CO[C@@]12CC(C(N)=O)=C(O)[C@@H](N(C)C)[C@@H]1C[C@@H]1Cc3c(-c4cccc(/C=C/C#N)c4)ccc(O)c3C(O)=C1C2=O.